The van der Waals surface area contributed by atoms with E-state index in [4.69, 9.17) is 5.73 Å². The number of aryl methyl sites for hydroxylation is 1. The number of alkyl halides is 3. The average Bonchev–Trinajstić information content (AvgIpc) is 2.71. The number of nitrogens with two attached hydrogens (primary N) is 1. The van der Waals surface area contributed by atoms with Crippen molar-refractivity contribution >= 4 is 11.8 Å². The molecule has 1 heterocycles. The minimum absolute atomic E-state index is 0.179. The average molecular weight is 316 g/mol. The molecule has 0 amide bonds. The van der Waals surface area contributed by atoms with Gasteiger partial charge in [0, 0.05) is 11.9 Å². The molecule has 0 fully saturated rings. The van der Waals surface area contributed by atoms with Gasteiger partial charge < -0.3 is 10.3 Å². The summed E-state index contributed by atoms with van der Waals surface area (Å²) in [6.07, 6.45) is -4.19. The summed E-state index contributed by atoms with van der Waals surface area (Å²) in [6, 6.07) is 4.26. The Labute approximate surface area is 124 Å². The Morgan fingerprint density at radius 2 is 2.00 bits per heavy atom. The topological polar surface area (TPSA) is 56.7 Å². The molecule has 0 atom stereocenters. The number of aromatic nitrogens is 3. The van der Waals surface area contributed by atoms with Crippen LogP contribution < -0.4 is 5.73 Å². The maximum Gasteiger partial charge on any atom is 0.416 e. The maximum absolute atomic E-state index is 13.1. The summed E-state index contributed by atoms with van der Waals surface area (Å²) in [7, 11) is 1.77. The Balaban J connectivity index is 2.35. The lowest BCUT2D eigenvalue weighted by atomic mass is 10.0. The zero-order chi connectivity index (χ0) is 15.6. The number of nitrogens with zero attached hydrogens (tertiary/aromatic N) is 3. The van der Waals surface area contributed by atoms with Crippen molar-refractivity contribution in [2.24, 2.45) is 12.8 Å². The van der Waals surface area contributed by atoms with Gasteiger partial charge in [-0.25, -0.2) is 0 Å². The summed E-state index contributed by atoms with van der Waals surface area (Å²) < 4.78 is 41.0. The Kier molecular flexibility index (Phi) is 4.58. The molecular weight excluding hydrogens is 301 g/mol. The van der Waals surface area contributed by atoms with E-state index in [1.165, 1.54) is 6.07 Å². The third kappa shape index (κ3) is 3.56. The van der Waals surface area contributed by atoms with Crippen LogP contribution in [0.3, 0.4) is 0 Å². The summed E-state index contributed by atoms with van der Waals surface area (Å²) in [5.41, 5.74) is 4.93. The Morgan fingerprint density at radius 1 is 1.29 bits per heavy atom. The predicted octanol–water partition coefficient (Wildman–Crippen LogP) is 2.79. The van der Waals surface area contributed by atoms with Crippen molar-refractivity contribution in [2.75, 3.05) is 6.54 Å². The number of halogens is 3. The fourth-order valence-corrected chi connectivity index (χ4v) is 2.71. The third-order valence-corrected chi connectivity index (χ3v) is 4.09. The lowest BCUT2D eigenvalue weighted by Crippen LogP contribution is -2.12. The standard InChI is InChI=1S/C13H15F3N4S/c1-8-18-19-12(20(8)2)21-10-4-3-9(5-6-17)11(7-10)13(14,15)16/h3-4,7H,5-6,17H2,1-2H3. The smallest absolute Gasteiger partial charge is 0.330 e. The third-order valence-electron chi connectivity index (χ3n) is 3.06. The van der Waals surface area contributed by atoms with Gasteiger partial charge in [-0.3, -0.25) is 0 Å². The molecule has 2 aromatic rings. The van der Waals surface area contributed by atoms with Gasteiger partial charge in [0.1, 0.15) is 5.82 Å². The molecule has 0 bridgehead atoms. The second kappa shape index (κ2) is 6.07. The lowest BCUT2D eigenvalue weighted by molar-refractivity contribution is -0.138. The van der Waals surface area contributed by atoms with Gasteiger partial charge in [0.25, 0.3) is 0 Å². The second-order valence-corrected chi connectivity index (χ2v) is 5.59. The second-order valence-electron chi connectivity index (χ2n) is 4.55. The highest BCUT2D eigenvalue weighted by atomic mass is 32.2. The fourth-order valence-electron chi connectivity index (χ4n) is 1.84. The van der Waals surface area contributed by atoms with E-state index in [2.05, 4.69) is 10.2 Å². The Hall–Kier alpha value is -1.54. The van der Waals surface area contributed by atoms with Crippen LogP contribution in [0.4, 0.5) is 13.2 Å². The van der Waals surface area contributed by atoms with Crippen LogP contribution in [0, 0.1) is 6.92 Å². The Bertz CT molecular complexity index is 637. The van der Waals surface area contributed by atoms with Crippen molar-refractivity contribution < 1.29 is 13.2 Å². The van der Waals surface area contributed by atoms with E-state index in [-0.39, 0.29) is 18.5 Å². The monoisotopic (exact) mass is 316 g/mol. The molecule has 2 N–H and O–H groups in total. The summed E-state index contributed by atoms with van der Waals surface area (Å²) in [5, 5.41) is 8.37. The summed E-state index contributed by atoms with van der Waals surface area (Å²) in [4.78, 5) is 0.471. The van der Waals surface area contributed by atoms with E-state index >= 15 is 0 Å². The van der Waals surface area contributed by atoms with Crippen molar-refractivity contribution in [3.05, 3.63) is 35.2 Å². The lowest BCUT2D eigenvalue weighted by Gasteiger charge is -2.13. The first-order valence-corrected chi connectivity index (χ1v) is 7.08. The molecule has 0 aliphatic heterocycles. The SMILES string of the molecule is Cc1nnc(Sc2ccc(CCN)c(C(F)(F)F)c2)n1C. The van der Waals surface area contributed by atoms with Crippen LogP contribution in [0.2, 0.25) is 0 Å². The van der Waals surface area contributed by atoms with Crippen molar-refractivity contribution in [2.45, 2.75) is 29.6 Å². The molecule has 114 valence electrons. The first-order chi connectivity index (χ1) is 9.82. The molecular formula is C13H15F3N4S. The minimum atomic E-state index is -4.39. The molecule has 0 aliphatic carbocycles. The normalized spacial score (nSPS) is 11.9. The quantitative estimate of drug-likeness (QED) is 0.942. The zero-order valence-electron chi connectivity index (χ0n) is 11.6. The van der Waals surface area contributed by atoms with Gasteiger partial charge in [-0.05, 0) is 49.3 Å². The minimum Gasteiger partial charge on any atom is -0.330 e. The van der Waals surface area contributed by atoms with Gasteiger partial charge in [0.15, 0.2) is 5.16 Å². The van der Waals surface area contributed by atoms with Crippen molar-refractivity contribution in [3.8, 4) is 0 Å². The molecule has 0 saturated heterocycles. The molecule has 0 unspecified atom stereocenters. The van der Waals surface area contributed by atoms with Crippen molar-refractivity contribution in [1.29, 1.82) is 0 Å². The molecule has 0 saturated carbocycles. The zero-order valence-corrected chi connectivity index (χ0v) is 12.4. The van der Waals surface area contributed by atoms with Crippen LogP contribution in [-0.4, -0.2) is 21.3 Å². The molecule has 21 heavy (non-hydrogen) atoms. The largest absolute Gasteiger partial charge is 0.416 e. The number of hydrogen-bond acceptors (Lipinski definition) is 4. The van der Waals surface area contributed by atoms with Crippen molar-refractivity contribution in [3.63, 3.8) is 0 Å². The van der Waals surface area contributed by atoms with E-state index in [0.717, 1.165) is 17.8 Å². The van der Waals surface area contributed by atoms with E-state index in [0.29, 0.717) is 15.9 Å². The van der Waals surface area contributed by atoms with Gasteiger partial charge in [0.05, 0.1) is 5.56 Å². The summed E-state index contributed by atoms with van der Waals surface area (Å²) >= 11 is 1.15. The molecule has 8 heteroatoms. The van der Waals surface area contributed by atoms with Crippen LogP contribution in [0.25, 0.3) is 0 Å². The van der Waals surface area contributed by atoms with E-state index in [1.807, 2.05) is 0 Å². The maximum atomic E-state index is 13.1. The van der Waals surface area contributed by atoms with Crippen LogP contribution in [0.5, 0.6) is 0 Å². The van der Waals surface area contributed by atoms with Gasteiger partial charge >= 0.3 is 6.18 Å². The highest BCUT2D eigenvalue weighted by Gasteiger charge is 2.33. The van der Waals surface area contributed by atoms with Gasteiger partial charge in [-0.2, -0.15) is 13.2 Å². The number of hydrogen-bond donors (Lipinski definition) is 1. The first-order valence-electron chi connectivity index (χ1n) is 6.27. The summed E-state index contributed by atoms with van der Waals surface area (Å²) in [5.74, 6) is 0.702. The highest BCUT2D eigenvalue weighted by Crippen LogP contribution is 2.36. The molecule has 0 radical (unpaired) electrons. The molecule has 4 nitrogen and oxygen atoms in total. The molecule has 1 aromatic carbocycles. The Morgan fingerprint density at radius 3 is 2.52 bits per heavy atom. The highest BCUT2D eigenvalue weighted by molar-refractivity contribution is 7.99. The van der Waals surface area contributed by atoms with Crippen LogP contribution in [0.1, 0.15) is 17.0 Å². The first kappa shape index (κ1) is 15.8. The van der Waals surface area contributed by atoms with Gasteiger partial charge in [-0.1, -0.05) is 6.07 Å². The predicted molar refractivity (Wildman–Crippen MR) is 74.1 cm³/mol. The number of benzene rings is 1. The van der Waals surface area contributed by atoms with Gasteiger partial charge in [-0.15, -0.1) is 10.2 Å². The van der Waals surface area contributed by atoms with E-state index in [1.54, 1.807) is 24.6 Å². The fraction of sp³-hybridized carbons (Fsp3) is 0.385. The van der Waals surface area contributed by atoms with Gasteiger partial charge in [0.2, 0.25) is 0 Å². The molecule has 2 rings (SSSR count). The van der Waals surface area contributed by atoms with Crippen LogP contribution >= 0.6 is 11.8 Å². The molecule has 0 spiro atoms. The van der Waals surface area contributed by atoms with Crippen LogP contribution in [-0.2, 0) is 19.6 Å². The van der Waals surface area contributed by atoms with E-state index in [9.17, 15) is 13.2 Å². The summed E-state index contributed by atoms with van der Waals surface area (Å²) in [6.45, 7) is 1.96. The molecule has 1 aromatic heterocycles. The molecule has 0 aliphatic rings. The van der Waals surface area contributed by atoms with Crippen molar-refractivity contribution in [1.82, 2.24) is 14.8 Å². The number of rotatable bonds is 4. The van der Waals surface area contributed by atoms with E-state index < -0.39 is 11.7 Å². The van der Waals surface area contributed by atoms with Crippen LogP contribution in [0.15, 0.2) is 28.3 Å².